The third kappa shape index (κ3) is 2.78. The first-order valence-electron chi connectivity index (χ1n) is 5.24. The van der Waals surface area contributed by atoms with E-state index in [1.807, 2.05) is 0 Å². The fraction of sp³-hybridized carbons (Fsp3) is 0.333. The maximum absolute atomic E-state index is 12.0. The molecular weight excluding hydrogens is 238 g/mol. The molecule has 0 saturated carbocycles. The molecule has 3 N–H and O–H groups in total. The molecule has 1 aromatic carbocycles. The van der Waals surface area contributed by atoms with Crippen LogP contribution >= 0.6 is 0 Å². The second-order valence-corrected chi connectivity index (χ2v) is 3.56. The molecule has 98 valence electrons. The first-order chi connectivity index (χ1) is 8.54. The number of carboxylic acid groups (broad SMARTS) is 1. The van der Waals surface area contributed by atoms with Gasteiger partial charge in [-0.25, -0.2) is 0 Å². The molecule has 0 aliphatic carbocycles. The number of carboxylic acids is 1. The fourth-order valence-electron chi connectivity index (χ4n) is 1.51. The molecule has 18 heavy (non-hydrogen) atoms. The van der Waals surface area contributed by atoms with Crippen molar-refractivity contribution in [1.29, 1.82) is 0 Å². The van der Waals surface area contributed by atoms with E-state index in [4.69, 9.17) is 20.3 Å². The summed E-state index contributed by atoms with van der Waals surface area (Å²) in [6.45, 7) is -0.261. The number of rotatable bonds is 6. The molecule has 0 bridgehead atoms. The van der Waals surface area contributed by atoms with Crippen LogP contribution in [-0.2, 0) is 4.79 Å². The van der Waals surface area contributed by atoms with E-state index in [0.717, 1.165) is 0 Å². The highest BCUT2D eigenvalue weighted by Gasteiger charge is 2.28. The van der Waals surface area contributed by atoms with Gasteiger partial charge in [0.05, 0.1) is 19.8 Å². The predicted molar refractivity (Wildman–Crippen MR) is 64.1 cm³/mol. The molecule has 0 aliphatic heterocycles. The average Bonchev–Trinajstić information content (AvgIpc) is 2.38. The largest absolute Gasteiger partial charge is 0.497 e. The summed E-state index contributed by atoms with van der Waals surface area (Å²) >= 11 is 0. The van der Waals surface area contributed by atoms with Gasteiger partial charge < -0.3 is 20.3 Å². The molecule has 6 nitrogen and oxygen atoms in total. The lowest BCUT2D eigenvalue weighted by molar-refractivity contribution is -0.139. The molecule has 0 heterocycles. The highest BCUT2D eigenvalue weighted by atomic mass is 16.5. The zero-order chi connectivity index (χ0) is 13.7. The number of nitrogens with two attached hydrogens (primary N) is 1. The molecule has 1 rings (SSSR count). The molecule has 0 aliphatic rings. The number of methoxy groups -OCH3 is 2. The van der Waals surface area contributed by atoms with Crippen LogP contribution in [0.4, 0.5) is 0 Å². The summed E-state index contributed by atoms with van der Waals surface area (Å²) in [4.78, 5) is 22.9. The first kappa shape index (κ1) is 14.0. The van der Waals surface area contributed by atoms with E-state index in [1.165, 1.54) is 26.4 Å². The fourth-order valence-corrected chi connectivity index (χ4v) is 1.51. The van der Waals surface area contributed by atoms with Crippen LogP contribution in [-0.4, -0.2) is 37.6 Å². The van der Waals surface area contributed by atoms with E-state index in [9.17, 15) is 9.59 Å². The number of carbonyl (C=O) groups excluding carboxylic acids is 1. The van der Waals surface area contributed by atoms with Crippen LogP contribution in [0.25, 0.3) is 0 Å². The Balaban J connectivity index is 3.16. The molecule has 1 aromatic rings. The van der Waals surface area contributed by atoms with Crippen LogP contribution in [0.5, 0.6) is 11.5 Å². The number of carbonyl (C=O) groups is 2. The van der Waals surface area contributed by atoms with Gasteiger partial charge in [0.1, 0.15) is 17.4 Å². The van der Waals surface area contributed by atoms with Crippen molar-refractivity contribution >= 4 is 11.8 Å². The van der Waals surface area contributed by atoms with Gasteiger partial charge in [0.15, 0.2) is 5.78 Å². The van der Waals surface area contributed by atoms with Crippen molar-refractivity contribution in [1.82, 2.24) is 0 Å². The van der Waals surface area contributed by atoms with Crippen molar-refractivity contribution in [3.8, 4) is 11.5 Å². The quantitative estimate of drug-likeness (QED) is 0.567. The summed E-state index contributed by atoms with van der Waals surface area (Å²) in [5.41, 5.74) is 5.47. The Hall–Kier alpha value is -2.08. The Bertz CT molecular complexity index is 458. The number of ether oxygens (including phenoxy) is 2. The maximum Gasteiger partial charge on any atom is 0.315 e. The highest BCUT2D eigenvalue weighted by molar-refractivity contribution is 6.10. The zero-order valence-corrected chi connectivity index (χ0v) is 10.2. The lowest BCUT2D eigenvalue weighted by Gasteiger charge is -2.12. The van der Waals surface area contributed by atoms with E-state index < -0.39 is 17.7 Å². The summed E-state index contributed by atoms with van der Waals surface area (Å²) in [5.74, 6) is -2.32. The molecule has 0 fully saturated rings. The van der Waals surface area contributed by atoms with Crippen molar-refractivity contribution in [2.45, 2.75) is 0 Å². The molecule has 0 amide bonds. The lowest BCUT2D eigenvalue weighted by Crippen LogP contribution is -2.31. The standard InChI is InChI=1S/C12H15NO5/c1-17-7-3-4-8(10(5-7)18-2)11(14)9(6-13)12(15)16/h3-5,9H,6,13H2,1-2H3,(H,15,16). The first-order valence-corrected chi connectivity index (χ1v) is 5.24. The van der Waals surface area contributed by atoms with Crippen molar-refractivity contribution in [2.24, 2.45) is 11.7 Å². The monoisotopic (exact) mass is 253 g/mol. The van der Waals surface area contributed by atoms with Crippen molar-refractivity contribution < 1.29 is 24.2 Å². The minimum absolute atomic E-state index is 0.177. The van der Waals surface area contributed by atoms with Gasteiger partial charge in [0.2, 0.25) is 0 Å². The number of ketones is 1. The number of hydrogen-bond acceptors (Lipinski definition) is 5. The third-order valence-corrected chi connectivity index (χ3v) is 2.52. The van der Waals surface area contributed by atoms with E-state index in [-0.39, 0.29) is 17.9 Å². The number of Topliss-reactive ketones (excluding diaryl/α,β-unsaturated/α-hetero) is 1. The van der Waals surface area contributed by atoms with Gasteiger partial charge in [-0.3, -0.25) is 9.59 Å². The summed E-state index contributed by atoms with van der Waals surface area (Å²) in [7, 11) is 2.87. The van der Waals surface area contributed by atoms with Gasteiger partial charge >= 0.3 is 5.97 Å². The van der Waals surface area contributed by atoms with Gasteiger partial charge in [-0.15, -0.1) is 0 Å². The number of hydrogen-bond donors (Lipinski definition) is 2. The van der Waals surface area contributed by atoms with E-state index in [2.05, 4.69) is 0 Å². The second kappa shape index (κ2) is 6.02. The Kier molecular flexibility index (Phi) is 4.67. The molecule has 6 heteroatoms. The second-order valence-electron chi connectivity index (χ2n) is 3.56. The molecular formula is C12H15NO5. The van der Waals surface area contributed by atoms with Crippen LogP contribution in [0, 0.1) is 5.92 Å². The molecule has 1 unspecified atom stereocenters. The minimum Gasteiger partial charge on any atom is -0.497 e. The smallest absolute Gasteiger partial charge is 0.315 e. The number of aliphatic carboxylic acids is 1. The van der Waals surface area contributed by atoms with Crippen LogP contribution in [0.2, 0.25) is 0 Å². The topological polar surface area (TPSA) is 98.9 Å². The summed E-state index contributed by atoms with van der Waals surface area (Å²) in [6.07, 6.45) is 0. The van der Waals surface area contributed by atoms with Gasteiger partial charge in [-0.2, -0.15) is 0 Å². The number of benzene rings is 1. The predicted octanol–water partition coefficient (Wildman–Crippen LogP) is 0.546. The highest BCUT2D eigenvalue weighted by Crippen LogP contribution is 2.26. The molecule has 0 radical (unpaired) electrons. The van der Waals surface area contributed by atoms with Gasteiger partial charge in [-0.05, 0) is 12.1 Å². The summed E-state index contributed by atoms with van der Waals surface area (Å²) in [6, 6.07) is 4.54. The normalized spacial score (nSPS) is 11.7. The van der Waals surface area contributed by atoms with Crippen LogP contribution in [0.15, 0.2) is 18.2 Å². The average molecular weight is 253 g/mol. The van der Waals surface area contributed by atoms with Crippen LogP contribution < -0.4 is 15.2 Å². The van der Waals surface area contributed by atoms with Crippen molar-refractivity contribution in [3.05, 3.63) is 23.8 Å². The molecule has 0 saturated heterocycles. The SMILES string of the molecule is COc1ccc(C(=O)C(CN)C(=O)O)c(OC)c1. The van der Waals surface area contributed by atoms with Crippen molar-refractivity contribution in [2.75, 3.05) is 20.8 Å². The Morgan fingerprint density at radius 2 is 2.00 bits per heavy atom. The third-order valence-electron chi connectivity index (χ3n) is 2.52. The molecule has 0 spiro atoms. The Morgan fingerprint density at radius 1 is 1.33 bits per heavy atom. The van der Waals surface area contributed by atoms with E-state index in [1.54, 1.807) is 6.07 Å². The van der Waals surface area contributed by atoms with Crippen LogP contribution in [0.3, 0.4) is 0 Å². The lowest BCUT2D eigenvalue weighted by atomic mass is 9.97. The van der Waals surface area contributed by atoms with Crippen LogP contribution in [0.1, 0.15) is 10.4 Å². The Labute approximate surface area is 104 Å². The maximum atomic E-state index is 12.0. The van der Waals surface area contributed by atoms with Crippen molar-refractivity contribution in [3.63, 3.8) is 0 Å². The molecule has 1 atom stereocenters. The van der Waals surface area contributed by atoms with Gasteiger partial charge in [-0.1, -0.05) is 0 Å². The van der Waals surface area contributed by atoms with Gasteiger partial charge in [0.25, 0.3) is 0 Å². The molecule has 0 aromatic heterocycles. The van der Waals surface area contributed by atoms with E-state index >= 15 is 0 Å². The van der Waals surface area contributed by atoms with E-state index in [0.29, 0.717) is 5.75 Å². The summed E-state index contributed by atoms with van der Waals surface area (Å²) in [5, 5.41) is 8.90. The Morgan fingerprint density at radius 3 is 2.44 bits per heavy atom. The van der Waals surface area contributed by atoms with Gasteiger partial charge in [0, 0.05) is 12.6 Å². The zero-order valence-electron chi connectivity index (χ0n) is 10.2. The summed E-state index contributed by atoms with van der Waals surface area (Å²) < 4.78 is 10.0. The minimum atomic E-state index is -1.27.